The molecule has 0 radical (unpaired) electrons. The van der Waals surface area contributed by atoms with E-state index in [-0.39, 0.29) is 34.1 Å². The minimum absolute atomic E-state index is 0.129. The molecule has 0 fully saturated rings. The van der Waals surface area contributed by atoms with Gasteiger partial charge in [0.15, 0.2) is 0 Å². The van der Waals surface area contributed by atoms with Gasteiger partial charge in [0, 0.05) is 22.7 Å². The fourth-order valence-electron chi connectivity index (χ4n) is 2.01. The molecule has 112 valence electrons. The summed E-state index contributed by atoms with van der Waals surface area (Å²) in [6.07, 6.45) is 0.00232. The van der Waals surface area contributed by atoms with Crippen LogP contribution in [0, 0.1) is 6.92 Å². The van der Waals surface area contributed by atoms with Gasteiger partial charge < -0.3 is 5.11 Å². The van der Waals surface area contributed by atoms with Gasteiger partial charge in [-0.15, -0.1) is 0 Å². The van der Waals surface area contributed by atoms with E-state index in [1.807, 2.05) is 0 Å². The summed E-state index contributed by atoms with van der Waals surface area (Å²) in [5, 5.41) is 12.4. The summed E-state index contributed by atoms with van der Waals surface area (Å²) in [4.78, 5) is 23.0. The first-order chi connectivity index (χ1) is 9.81. The summed E-state index contributed by atoms with van der Waals surface area (Å²) in [6.45, 7) is 1.69. The molecule has 0 unspecified atom stereocenters. The van der Waals surface area contributed by atoms with E-state index < -0.39 is 5.97 Å². The van der Waals surface area contributed by atoms with Crippen molar-refractivity contribution in [1.82, 2.24) is 9.78 Å². The molecule has 0 aliphatic rings. The second kappa shape index (κ2) is 6.13. The Hall–Kier alpha value is -1.43. The number of hydrogen-bond donors (Lipinski definition) is 2. The Balaban J connectivity index is 2.54. The van der Waals surface area contributed by atoms with Crippen LogP contribution in [0.4, 0.5) is 0 Å². The molecular weight excluding hydrogens is 339 g/mol. The molecule has 0 saturated heterocycles. The van der Waals surface area contributed by atoms with Gasteiger partial charge in [0.25, 0.3) is 5.56 Å². The number of aryl methyl sites for hydroxylation is 1. The highest BCUT2D eigenvalue weighted by molar-refractivity contribution is 6.40. The van der Waals surface area contributed by atoms with Crippen molar-refractivity contribution < 1.29 is 9.90 Å². The average Bonchev–Trinajstić information content (AvgIpc) is 2.61. The number of carbonyl (C=O) groups is 1. The zero-order valence-electron chi connectivity index (χ0n) is 10.9. The number of H-pyrrole nitrogens is 1. The highest BCUT2D eigenvalue weighted by Gasteiger charge is 2.18. The quantitative estimate of drug-likeness (QED) is 0.887. The van der Waals surface area contributed by atoms with Gasteiger partial charge in [-0.25, -0.2) is 4.68 Å². The van der Waals surface area contributed by atoms with Gasteiger partial charge in [0.05, 0.1) is 10.0 Å². The topological polar surface area (TPSA) is 75.1 Å². The first kappa shape index (κ1) is 15.9. The Kier molecular flexibility index (Phi) is 4.66. The molecule has 5 nitrogen and oxygen atoms in total. The molecule has 0 bridgehead atoms. The Labute approximate surface area is 135 Å². The highest BCUT2D eigenvalue weighted by atomic mass is 35.5. The van der Waals surface area contributed by atoms with Crippen molar-refractivity contribution in [2.24, 2.45) is 0 Å². The van der Waals surface area contributed by atoms with Gasteiger partial charge in [-0.3, -0.25) is 14.7 Å². The van der Waals surface area contributed by atoms with Crippen LogP contribution < -0.4 is 5.56 Å². The van der Waals surface area contributed by atoms with Gasteiger partial charge in [0.2, 0.25) is 0 Å². The highest BCUT2D eigenvalue weighted by Crippen LogP contribution is 2.31. The Morgan fingerprint density at radius 1 is 1.29 bits per heavy atom. The van der Waals surface area contributed by atoms with Crippen molar-refractivity contribution in [2.45, 2.75) is 19.8 Å². The molecule has 0 aliphatic carbocycles. The number of rotatable bonds is 4. The van der Waals surface area contributed by atoms with Crippen molar-refractivity contribution >= 4 is 40.8 Å². The lowest BCUT2D eigenvalue weighted by molar-refractivity contribution is -0.136. The summed E-state index contributed by atoms with van der Waals surface area (Å²) in [7, 11) is 0. The molecule has 21 heavy (non-hydrogen) atoms. The predicted molar refractivity (Wildman–Crippen MR) is 82.1 cm³/mol. The monoisotopic (exact) mass is 348 g/mol. The number of aliphatic carboxylic acids is 1. The summed E-state index contributed by atoms with van der Waals surface area (Å²) in [5.74, 6) is -0.968. The number of aromatic amines is 1. The van der Waals surface area contributed by atoms with Crippen LogP contribution in [0.2, 0.25) is 15.1 Å². The third kappa shape index (κ3) is 3.26. The Bertz CT molecular complexity index is 742. The van der Waals surface area contributed by atoms with E-state index in [1.54, 1.807) is 6.92 Å². The number of carboxylic acids is 1. The van der Waals surface area contributed by atoms with E-state index in [2.05, 4.69) is 5.10 Å². The number of aromatic nitrogens is 2. The van der Waals surface area contributed by atoms with E-state index in [9.17, 15) is 9.59 Å². The van der Waals surface area contributed by atoms with Crippen LogP contribution in [0.15, 0.2) is 16.9 Å². The summed E-state index contributed by atoms with van der Waals surface area (Å²) < 4.78 is 1.20. The summed E-state index contributed by atoms with van der Waals surface area (Å²) >= 11 is 18.0. The first-order valence-electron chi connectivity index (χ1n) is 5.98. The molecular formula is C13H11Cl3N2O3. The maximum absolute atomic E-state index is 12.4. The SMILES string of the molecule is Cc1[nH]n(-c2c(Cl)cc(Cl)cc2Cl)c(=O)c1CCC(=O)O. The largest absolute Gasteiger partial charge is 0.481 e. The minimum atomic E-state index is -0.968. The number of benzene rings is 1. The van der Waals surface area contributed by atoms with Crippen LogP contribution in [-0.4, -0.2) is 20.9 Å². The van der Waals surface area contributed by atoms with E-state index in [0.717, 1.165) is 0 Å². The molecule has 2 aromatic rings. The van der Waals surface area contributed by atoms with Crippen LogP contribution in [0.3, 0.4) is 0 Å². The van der Waals surface area contributed by atoms with Gasteiger partial charge in [-0.05, 0) is 25.5 Å². The second-order valence-electron chi connectivity index (χ2n) is 4.47. The molecule has 1 heterocycles. The minimum Gasteiger partial charge on any atom is -0.481 e. The summed E-state index contributed by atoms with van der Waals surface area (Å²) in [6, 6.07) is 2.95. The van der Waals surface area contributed by atoms with E-state index in [4.69, 9.17) is 39.9 Å². The normalized spacial score (nSPS) is 10.9. The molecule has 0 spiro atoms. The van der Waals surface area contributed by atoms with Crippen LogP contribution >= 0.6 is 34.8 Å². The molecule has 1 aromatic heterocycles. The van der Waals surface area contributed by atoms with Crippen molar-refractivity contribution in [3.63, 3.8) is 0 Å². The standard InChI is InChI=1S/C13H11Cl3N2O3/c1-6-8(2-3-11(19)20)13(21)18(17-6)12-9(15)4-7(14)5-10(12)16/h4-5,17H,2-3H2,1H3,(H,19,20). The predicted octanol–water partition coefficient (Wildman–Crippen LogP) is 3.45. The van der Waals surface area contributed by atoms with Gasteiger partial charge >= 0.3 is 5.97 Å². The van der Waals surface area contributed by atoms with E-state index >= 15 is 0 Å². The smallest absolute Gasteiger partial charge is 0.303 e. The lowest BCUT2D eigenvalue weighted by Gasteiger charge is -2.07. The van der Waals surface area contributed by atoms with Crippen molar-refractivity contribution in [1.29, 1.82) is 0 Å². The zero-order chi connectivity index (χ0) is 15.7. The number of nitrogens with zero attached hydrogens (tertiary/aromatic N) is 1. The number of halogens is 3. The first-order valence-corrected chi connectivity index (χ1v) is 7.12. The van der Waals surface area contributed by atoms with Gasteiger partial charge in [0.1, 0.15) is 5.69 Å². The molecule has 0 amide bonds. The van der Waals surface area contributed by atoms with E-state index in [1.165, 1.54) is 16.8 Å². The fraction of sp³-hybridized carbons (Fsp3) is 0.231. The van der Waals surface area contributed by atoms with Gasteiger partial charge in [-0.2, -0.15) is 0 Å². The number of nitrogens with one attached hydrogen (secondary N) is 1. The van der Waals surface area contributed by atoms with Crippen LogP contribution in [0.1, 0.15) is 17.7 Å². The van der Waals surface area contributed by atoms with Crippen LogP contribution in [0.5, 0.6) is 0 Å². The Morgan fingerprint density at radius 3 is 2.38 bits per heavy atom. The number of hydrogen-bond acceptors (Lipinski definition) is 2. The van der Waals surface area contributed by atoms with Gasteiger partial charge in [-0.1, -0.05) is 34.8 Å². The third-order valence-corrected chi connectivity index (χ3v) is 3.78. The lowest BCUT2D eigenvalue weighted by atomic mass is 10.1. The van der Waals surface area contributed by atoms with Crippen molar-refractivity contribution in [3.05, 3.63) is 48.8 Å². The molecule has 2 rings (SSSR count). The van der Waals surface area contributed by atoms with Crippen LogP contribution in [-0.2, 0) is 11.2 Å². The summed E-state index contributed by atoms with van der Waals surface area (Å²) in [5.41, 5.74) is 0.875. The molecule has 2 N–H and O–H groups in total. The van der Waals surface area contributed by atoms with Crippen molar-refractivity contribution in [3.8, 4) is 5.69 Å². The maximum atomic E-state index is 12.4. The average molecular weight is 350 g/mol. The van der Waals surface area contributed by atoms with E-state index in [0.29, 0.717) is 16.3 Å². The van der Waals surface area contributed by atoms with Crippen LogP contribution in [0.25, 0.3) is 5.69 Å². The number of carboxylic acid groups (broad SMARTS) is 1. The molecule has 8 heteroatoms. The Morgan fingerprint density at radius 2 is 1.86 bits per heavy atom. The van der Waals surface area contributed by atoms with Crippen molar-refractivity contribution in [2.75, 3.05) is 0 Å². The zero-order valence-corrected chi connectivity index (χ0v) is 13.2. The maximum Gasteiger partial charge on any atom is 0.303 e. The molecule has 0 aliphatic heterocycles. The molecule has 1 aromatic carbocycles. The third-order valence-electron chi connectivity index (χ3n) is 2.99. The molecule has 0 saturated carbocycles. The second-order valence-corrected chi connectivity index (χ2v) is 5.72. The molecule has 0 atom stereocenters. The fourth-order valence-corrected chi connectivity index (χ4v) is 3.00. The lowest BCUT2D eigenvalue weighted by Crippen LogP contribution is -2.18.